The Balaban J connectivity index is 1.94. The van der Waals surface area contributed by atoms with Crippen molar-refractivity contribution in [3.05, 3.63) is 29.8 Å². The molecule has 21 heavy (non-hydrogen) atoms. The summed E-state index contributed by atoms with van der Waals surface area (Å²) in [5.74, 6) is -0.0939. The second kappa shape index (κ2) is 6.47. The number of carbonyl (C=O) groups excluding carboxylic acids is 1. The van der Waals surface area contributed by atoms with Crippen LogP contribution in [0.3, 0.4) is 0 Å². The quantitative estimate of drug-likeness (QED) is 0.773. The van der Waals surface area contributed by atoms with Crippen LogP contribution in [0.2, 0.25) is 0 Å². The largest absolute Gasteiger partial charge is 0.491 e. The van der Waals surface area contributed by atoms with Gasteiger partial charge in [-0.25, -0.2) is 9.59 Å². The van der Waals surface area contributed by atoms with E-state index in [4.69, 9.17) is 9.84 Å². The van der Waals surface area contributed by atoms with Gasteiger partial charge in [0.15, 0.2) is 0 Å². The van der Waals surface area contributed by atoms with E-state index in [0.29, 0.717) is 13.0 Å². The van der Waals surface area contributed by atoms with Crippen LogP contribution in [0.4, 0.5) is 4.79 Å². The zero-order valence-electron chi connectivity index (χ0n) is 12.1. The molecule has 2 atom stereocenters. The van der Waals surface area contributed by atoms with Gasteiger partial charge in [-0.15, -0.1) is 0 Å². The molecular formula is C15H20N2O4. The highest BCUT2D eigenvalue weighted by Gasteiger charge is 2.27. The number of fused-ring (bicyclic) bond motifs is 1. The predicted octanol–water partition coefficient (Wildman–Crippen LogP) is 1.92. The summed E-state index contributed by atoms with van der Waals surface area (Å²) in [6.07, 6.45) is 0.389. The molecule has 1 heterocycles. The number of carboxylic acids is 1. The standard InChI is InChI=1S/C15H20N2O4/c1-9(2)7-11(14(18)19)16-15(20)17-12-8-21-13-6-4-3-5-10(12)13/h3-6,9,11-12H,7-8H2,1-2H3,(H,18,19)(H2,16,17,20)/t11-,12?/m1/s1. The van der Waals surface area contributed by atoms with Gasteiger partial charge in [0, 0.05) is 5.56 Å². The molecule has 2 rings (SSSR count). The van der Waals surface area contributed by atoms with Gasteiger partial charge in [-0.2, -0.15) is 0 Å². The SMILES string of the molecule is CC(C)C[C@@H](NC(=O)NC1COc2ccccc21)C(=O)O. The molecule has 114 valence electrons. The van der Waals surface area contributed by atoms with E-state index >= 15 is 0 Å². The normalized spacial score (nSPS) is 17.8. The van der Waals surface area contributed by atoms with E-state index in [1.54, 1.807) is 0 Å². The van der Waals surface area contributed by atoms with E-state index in [1.807, 2.05) is 38.1 Å². The molecule has 0 bridgehead atoms. The van der Waals surface area contributed by atoms with Crippen LogP contribution in [0.25, 0.3) is 0 Å². The van der Waals surface area contributed by atoms with Crippen LogP contribution in [0, 0.1) is 5.92 Å². The zero-order valence-corrected chi connectivity index (χ0v) is 12.1. The molecule has 1 unspecified atom stereocenters. The maximum absolute atomic E-state index is 12.0. The van der Waals surface area contributed by atoms with Crippen LogP contribution in [0.1, 0.15) is 31.9 Å². The highest BCUT2D eigenvalue weighted by Crippen LogP contribution is 2.31. The lowest BCUT2D eigenvalue weighted by Gasteiger charge is -2.18. The first-order chi connectivity index (χ1) is 9.97. The number of nitrogens with one attached hydrogen (secondary N) is 2. The van der Waals surface area contributed by atoms with Gasteiger partial charge >= 0.3 is 12.0 Å². The summed E-state index contributed by atoms with van der Waals surface area (Å²) in [6, 6.07) is 5.83. The number of benzene rings is 1. The number of rotatable bonds is 5. The minimum absolute atomic E-state index is 0.182. The Bertz CT molecular complexity index is 530. The van der Waals surface area contributed by atoms with E-state index < -0.39 is 18.0 Å². The molecular weight excluding hydrogens is 272 g/mol. The van der Waals surface area contributed by atoms with E-state index in [1.165, 1.54) is 0 Å². The lowest BCUT2D eigenvalue weighted by Crippen LogP contribution is -2.47. The Hall–Kier alpha value is -2.24. The van der Waals surface area contributed by atoms with Gasteiger partial charge in [0.25, 0.3) is 0 Å². The number of ether oxygens (including phenoxy) is 1. The van der Waals surface area contributed by atoms with Crippen LogP contribution in [-0.2, 0) is 4.79 Å². The molecule has 1 aromatic carbocycles. The first-order valence-corrected chi connectivity index (χ1v) is 6.99. The number of hydrogen-bond donors (Lipinski definition) is 3. The van der Waals surface area contributed by atoms with Crippen LogP contribution >= 0.6 is 0 Å². The van der Waals surface area contributed by atoms with Crippen molar-refractivity contribution in [3.63, 3.8) is 0 Å². The molecule has 0 aromatic heterocycles. The third kappa shape index (κ3) is 3.87. The fourth-order valence-corrected chi connectivity index (χ4v) is 2.33. The molecule has 1 aromatic rings. The third-order valence-corrected chi connectivity index (χ3v) is 3.32. The number of aliphatic carboxylic acids is 1. The molecule has 0 fully saturated rings. The van der Waals surface area contributed by atoms with Crippen molar-refractivity contribution in [1.82, 2.24) is 10.6 Å². The van der Waals surface area contributed by atoms with E-state index in [-0.39, 0.29) is 12.0 Å². The fraction of sp³-hybridized carbons (Fsp3) is 0.467. The summed E-state index contributed by atoms with van der Waals surface area (Å²) in [5, 5.41) is 14.4. The molecule has 1 aliphatic rings. The molecule has 0 radical (unpaired) electrons. The molecule has 1 aliphatic heterocycles. The second-order valence-electron chi connectivity index (χ2n) is 5.54. The summed E-state index contributed by atoms with van der Waals surface area (Å²) in [6.45, 7) is 4.18. The van der Waals surface area contributed by atoms with Crippen molar-refractivity contribution in [2.75, 3.05) is 6.61 Å². The van der Waals surface area contributed by atoms with Gasteiger partial charge in [0.2, 0.25) is 0 Å². The Morgan fingerprint density at radius 3 is 2.76 bits per heavy atom. The Kier molecular flexibility index (Phi) is 4.67. The number of carbonyl (C=O) groups is 2. The maximum Gasteiger partial charge on any atom is 0.326 e. The zero-order chi connectivity index (χ0) is 15.4. The number of para-hydroxylation sites is 1. The monoisotopic (exact) mass is 292 g/mol. The number of amides is 2. The highest BCUT2D eigenvalue weighted by molar-refractivity contribution is 5.82. The Morgan fingerprint density at radius 1 is 1.38 bits per heavy atom. The van der Waals surface area contributed by atoms with Crippen LogP contribution in [0.15, 0.2) is 24.3 Å². The molecule has 2 amide bonds. The molecule has 6 nitrogen and oxygen atoms in total. The number of hydrogen-bond acceptors (Lipinski definition) is 3. The van der Waals surface area contributed by atoms with E-state index in [2.05, 4.69) is 10.6 Å². The van der Waals surface area contributed by atoms with Gasteiger partial charge in [0.1, 0.15) is 18.4 Å². The maximum atomic E-state index is 12.0. The van der Waals surface area contributed by atoms with Crippen molar-refractivity contribution in [2.24, 2.45) is 5.92 Å². The summed E-state index contributed by atoms with van der Waals surface area (Å²) in [5.41, 5.74) is 0.906. The van der Waals surface area contributed by atoms with Crippen LogP contribution < -0.4 is 15.4 Å². The van der Waals surface area contributed by atoms with Gasteiger partial charge in [0.05, 0.1) is 6.04 Å². The first-order valence-electron chi connectivity index (χ1n) is 6.99. The lowest BCUT2D eigenvalue weighted by atomic mass is 10.0. The summed E-state index contributed by atoms with van der Waals surface area (Å²) in [4.78, 5) is 23.1. The molecule has 6 heteroatoms. The Labute approximate surface area is 123 Å². The molecule has 0 spiro atoms. The molecule has 0 saturated heterocycles. The second-order valence-corrected chi connectivity index (χ2v) is 5.54. The summed E-state index contributed by atoms with van der Waals surface area (Å²) < 4.78 is 5.47. The van der Waals surface area contributed by atoms with Crippen LogP contribution in [-0.4, -0.2) is 29.8 Å². The van der Waals surface area contributed by atoms with Gasteiger partial charge < -0.3 is 20.5 Å². The number of urea groups is 1. The topological polar surface area (TPSA) is 87.7 Å². The van der Waals surface area contributed by atoms with Gasteiger partial charge in [-0.3, -0.25) is 0 Å². The average molecular weight is 292 g/mol. The minimum atomic E-state index is -1.03. The first kappa shape index (κ1) is 15.2. The molecule has 0 aliphatic carbocycles. The van der Waals surface area contributed by atoms with Gasteiger partial charge in [-0.05, 0) is 18.4 Å². The summed E-state index contributed by atoms with van der Waals surface area (Å²) >= 11 is 0. The minimum Gasteiger partial charge on any atom is -0.491 e. The van der Waals surface area contributed by atoms with Crippen LogP contribution in [0.5, 0.6) is 5.75 Å². The van der Waals surface area contributed by atoms with Crippen molar-refractivity contribution >= 4 is 12.0 Å². The van der Waals surface area contributed by atoms with Crippen molar-refractivity contribution < 1.29 is 19.4 Å². The smallest absolute Gasteiger partial charge is 0.326 e. The fourth-order valence-electron chi connectivity index (χ4n) is 2.33. The highest BCUT2D eigenvalue weighted by atomic mass is 16.5. The van der Waals surface area contributed by atoms with Crippen molar-refractivity contribution in [2.45, 2.75) is 32.4 Å². The summed E-state index contributed by atoms with van der Waals surface area (Å²) in [7, 11) is 0. The van der Waals surface area contributed by atoms with Gasteiger partial charge in [-0.1, -0.05) is 32.0 Å². The van der Waals surface area contributed by atoms with E-state index in [9.17, 15) is 9.59 Å². The molecule has 3 N–H and O–H groups in total. The number of carboxylic acid groups (broad SMARTS) is 1. The molecule has 0 saturated carbocycles. The lowest BCUT2D eigenvalue weighted by molar-refractivity contribution is -0.139. The average Bonchev–Trinajstić information content (AvgIpc) is 2.81. The van der Waals surface area contributed by atoms with Crippen molar-refractivity contribution in [1.29, 1.82) is 0 Å². The predicted molar refractivity (Wildman–Crippen MR) is 77.2 cm³/mol. The Morgan fingerprint density at radius 2 is 2.10 bits per heavy atom. The van der Waals surface area contributed by atoms with E-state index in [0.717, 1.165) is 11.3 Å². The van der Waals surface area contributed by atoms with Crippen molar-refractivity contribution in [3.8, 4) is 5.75 Å². The third-order valence-electron chi connectivity index (χ3n) is 3.32.